The van der Waals surface area contributed by atoms with Gasteiger partial charge < -0.3 is 5.11 Å². The van der Waals surface area contributed by atoms with Crippen LogP contribution in [0, 0.1) is 0 Å². The molecule has 3 unspecified atom stereocenters. The highest BCUT2D eigenvalue weighted by atomic mass is 32.2. The van der Waals surface area contributed by atoms with E-state index in [1.807, 2.05) is 4.90 Å². The summed E-state index contributed by atoms with van der Waals surface area (Å²) in [6.45, 7) is 2.54. The molecule has 3 atom stereocenters. The van der Waals surface area contributed by atoms with E-state index in [0.29, 0.717) is 19.3 Å². The van der Waals surface area contributed by atoms with Crippen LogP contribution in [-0.2, 0) is 14.6 Å². The van der Waals surface area contributed by atoms with E-state index in [9.17, 15) is 18.3 Å². The zero-order valence-electron chi connectivity index (χ0n) is 11.6. The smallest absolute Gasteiger partial charge is 0.323 e. The Morgan fingerprint density at radius 3 is 2.58 bits per heavy atom. The quantitative estimate of drug-likeness (QED) is 0.847. The largest absolute Gasteiger partial charge is 0.480 e. The Labute approximate surface area is 114 Å². The zero-order chi connectivity index (χ0) is 14.3. The molecule has 0 spiro atoms. The first kappa shape index (κ1) is 14.8. The van der Waals surface area contributed by atoms with Gasteiger partial charge in [0.2, 0.25) is 0 Å². The van der Waals surface area contributed by atoms with Gasteiger partial charge in [0.1, 0.15) is 15.4 Å². The lowest BCUT2D eigenvalue weighted by molar-refractivity contribution is -0.150. The molecule has 1 aliphatic carbocycles. The topological polar surface area (TPSA) is 74.7 Å². The van der Waals surface area contributed by atoms with Crippen molar-refractivity contribution in [1.29, 1.82) is 0 Å². The lowest BCUT2D eigenvalue weighted by Gasteiger charge is -2.41. The van der Waals surface area contributed by atoms with Crippen molar-refractivity contribution in [3.63, 3.8) is 0 Å². The molecule has 2 rings (SSSR count). The lowest BCUT2D eigenvalue weighted by Crippen LogP contribution is -2.54. The van der Waals surface area contributed by atoms with Gasteiger partial charge in [0.25, 0.3) is 0 Å². The average molecular weight is 289 g/mol. The number of hydrogen-bond donors (Lipinski definition) is 1. The number of nitrogens with zero attached hydrogens (tertiary/aromatic N) is 1. The van der Waals surface area contributed by atoms with Gasteiger partial charge in [-0.3, -0.25) is 9.69 Å². The Morgan fingerprint density at radius 1 is 1.32 bits per heavy atom. The van der Waals surface area contributed by atoms with Gasteiger partial charge in [0, 0.05) is 12.3 Å². The van der Waals surface area contributed by atoms with E-state index in [1.165, 1.54) is 6.26 Å². The minimum absolute atomic E-state index is 0.0945. The number of likely N-dealkylation sites (tertiary alicyclic amines) is 1. The number of carbonyl (C=O) groups is 1. The van der Waals surface area contributed by atoms with Crippen LogP contribution in [0.5, 0.6) is 0 Å². The van der Waals surface area contributed by atoms with Gasteiger partial charge in [0.15, 0.2) is 0 Å². The molecule has 0 radical (unpaired) electrons. The molecule has 0 aromatic rings. The number of aliphatic carboxylic acids is 1. The van der Waals surface area contributed by atoms with Gasteiger partial charge in [-0.05, 0) is 45.6 Å². The van der Waals surface area contributed by atoms with Crippen LogP contribution < -0.4 is 0 Å². The van der Waals surface area contributed by atoms with E-state index in [0.717, 1.165) is 25.8 Å². The van der Waals surface area contributed by atoms with Gasteiger partial charge in [-0.1, -0.05) is 6.42 Å². The number of carboxylic acid groups (broad SMARTS) is 1. The van der Waals surface area contributed by atoms with Crippen LogP contribution in [0.3, 0.4) is 0 Å². The van der Waals surface area contributed by atoms with Crippen LogP contribution in [0.1, 0.15) is 45.4 Å². The summed E-state index contributed by atoms with van der Waals surface area (Å²) in [4.78, 5) is 13.5. The van der Waals surface area contributed by atoms with Crippen LogP contribution >= 0.6 is 0 Å². The van der Waals surface area contributed by atoms with E-state index in [4.69, 9.17) is 0 Å². The molecule has 0 bridgehead atoms. The second kappa shape index (κ2) is 5.05. The van der Waals surface area contributed by atoms with Crippen molar-refractivity contribution in [1.82, 2.24) is 4.90 Å². The van der Waals surface area contributed by atoms with Crippen molar-refractivity contribution in [2.24, 2.45) is 0 Å². The van der Waals surface area contributed by atoms with Gasteiger partial charge in [-0.15, -0.1) is 0 Å². The van der Waals surface area contributed by atoms with Crippen molar-refractivity contribution in [3.05, 3.63) is 0 Å². The Kier molecular flexibility index (Phi) is 3.93. The standard InChI is InChI=1S/C13H23NO4S/c1-13(12(15)16)7-4-8-14(13)10-5-3-6-11(9-10)19(2,17)18/h10-11H,3-9H2,1-2H3,(H,15,16). The number of hydrogen-bond acceptors (Lipinski definition) is 4. The third-order valence-corrected chi connectivity index (χ3v) is 6.44. The Balaban J connectivity index is 2.16. The van der Waals surface area contributed by atoms with E-state index in [1.54, 1.807) is 6.92 Å². The van der Waals surface area contributed by atoms with Gasteiger partial charge >= 0.3 is 5.97 Å². The average Bonchev–Trinajstić information content (AvgIpc) is 2.72. The first-order chi connectivity index (χ1) is 8.75. The highest BCUT2D eigenvalue weighted by Crippen LogP contribution is 2.37. The van der Waals surface area contributed by atoms with E-state index in [-0.39, 0.29) is 11.3 Å². The molecule has 6 heteroatoms. The maximum absolute atomic E-state index is 11.7. The molecule has 1 N–H and O–H groups in total. The minimum atomic E-state index is -3.02. The molecule has 1 saturated carbocycles. The first-order valence-corrected chi connectivity index (χ1v) is 8.89. The van der Waals surface area contributed by atoms with Crippen LogP contribution in [0.2, 0.25) is 0 Å². The second-order valence-corrected chi connectivity index (χ2v) is 8.47. The van der Waals surface area contributed by atoms with Crippen LogP contribution in [0.4, 0.5) is 0 Å². The molecule has 1 saturated heterocycles. The van der Waals surface area contributed by atoms with Gasteiger partial charge in [-0.2, -0.15) is 0 Å². The molecule has 110 valence electrons. The summed E-state index contributed by atoms with van der Waals surface area (Å²) in [5.41, 5.74) is -0.815. The summed E-state index contributed by atoms with van der Waals surface area (Å²) in [5, 5.41) is 9.14. The first-order valence-electron chi connectivity index (χ1n) is 6.94. The molecule has 1 heterocycles. The molecular formula is C13H23NO4S. The number of carboxylic acids is 1. The lowest BCUT2D eigenvalue weighted by atomic mass is 9.90. The molecule has 2 fully saturated rings. The van der Waals surface area contributed by atoms with E-state index >= 15 is 0 Å². The minimum Gasteiger partial charge on any atom is -0.480 e. The normalized spacial score (nSPS) is 37.4. The summed E-state index contributed by atoms with van der Waals surface area (Å²) in [6.07, 6.45) is 5.91. The molecule has 0 amide bonds. The summed E-state index contributed by atoms with van der Waals surface area (Å²) >= 11 is 0. The van der Waals surface area contributed by atoms with Crippen molar-refractivity contribution in [2.45, 2.75) is 62.3 Å². The Bertz CT molecular complexity index is 461. The molecular weight excluding hydrogens is 266 g/mol. The summed E-state index contributed by atoms with van der Waals surface area (Å²) in [6, 6.07) is 0.0945. The Hall–Kier alpha value is -0.620. The van der Waals surface area contributed by atoms with Gasteiger partial charge in [0.05, 0.1) is 5.25 Å². The predicted molar refractivity (Wildman–Crippen MR) is 72.9 cm³/mol. The molecule has 0 aromatic heterocycles. The van der Waals surface area contributed by atoms with E-state index in [2.05, 4.69) is 0 Å². The van der Waals surface area contributed by atoms with Crippen molar-refractivity contribution < 1.29 is 18.3 Å². The molecule has 2 aliphatic rings. The fourth-order valence-electron chi connectivity index (χ4n) is 3.59. The number of sulfone groups is 1. The van der Waals surface area contributed by atoms with Crippen molar-refractivity contribution >= 4 is 15.8 Å². The molecule has 19 heavy (non-hydrogen) atoms. The third kappa shape index (κ3) is 2.79. The molecule has 0 aromatic carbocycles. The summed E-state index contributed by atoms with van der Waals surface area (Å²) in [7, 11) is -3.02. The predicted octanol–water partition coefficient (Wildman–Crippen LogP) is 1.28. The van der Waals surface area contributed by atoms with E-state index < -0.39 is 21.3 Å². The second-order valence-electron chi connectivity index (χ2n) is 6.15. The maximum Gasteiger partial charge on any atom is 0.323 e. The number of rotatable bonds is 3. The van der Waals surface area contributed by atoms with Crippen molar-refractivity contribution in [3.8, 4) is 0 Å². The van der Waals surface area contributed by atoms with Crippen LogP contribution in [-0.4, -0.2) is 54.0 Å². The van der Waals surface area contributed by atoms with Gasteiger partial charge in [-0.25, -0.2) is 8.42 Å². The highest BCUT2D eigenvalue weighted by Gasteiger charge is 2.47. The molecule has 5 nitrogen and oxygen atoms in total. The fraction of sp³-hybridized carbons (Fsp3) is 0.923. The molecule has 1 aliphatic heterocycles. The maximum atomic E-state index is 11.7. The summed E-state index contributed by atoms with van der Waals surface area (Å²) in [5.74, 6) is -0.786. The third-order valence-electron chi connectivity index (χ3n) is 4.80. The van der Waals surface area contributed by atoms with Crippen LogP contribution in [0.25, 0.3) is 0 Å². The summed E-state index contributed by atoms with van der Waals surface area (Å²) < 4.78 is 23.4. The SMILES string of the molecule is CC1(C(=O)O)CCCN1C1CCCC(S(C)(=O)=O)C1. The monoisotopic (exact) mass is 289 g/mol. The fourth-order valence-corrected chi connectivity index (χ4v) is 4.76. The Morgan fingerprint density at radius 2 is 2.00 bits per heavy atom. The van der Waals surface area contributed by atoms with Crippen molar-refractivity contribution in [2.75, 3.05) is 12.8 Å². The zero-order valence-corrected chi connectivity index (χ0v) is 12.4. The van der Waals surface area contributed by atoms with Crippen LogP contribution in [0.15, 0.2) is 0 Å². The highest BCUT2D eigenvalue weighted by molar-refractivity contribution is 7.91.